The molecule has 2 rings (SSSR count). The summed E-state index contributed by atoms with van der Waals surface area (Å²) in [4.78, 5) is 24.5. The van der Waals surface area contributed by atoms with E-state index in [0.717, 1.165) is 49.9 Å². The Labute approximate surface area is 173 Å². The molecule has 166 valence electrons. The summed E-state index contributed by atoms with van der Waals surface area (Å²) in [6, 6.07) is 3.61. The zero-order chi connectivity index (χ0) is 22.4. The zero-order valence-electron chi connectivity index (χ0n) is 17.1. The molecule has 0 aliphatic carbocycles. The van der Waals surface area contributed by atoms with E-state index >= 15 is 0 Å². The van der Waals surface area contributed by atoms with Gasteiger partial charge in [-0.1, -0.05) is 32.8 Å². The third-order valence-electron chi connectivity index (χ3n) is 5.18. The number of carbonyl (C=O) groups is 2. The molecular weight excluding hydrogens is 401 g/mol. The molecule has 1 aliphatic rings. The highest BCUT2D eigenvalue weighted by Gasteiger charge is 2.44. The van der Waals surface area contributed by atoms with Crippen LogP contribution in [0.1, 0.15) is 61.9 Å². The van der Waals surface area contributed by atoms with E-state index < -0.39 is 42.5 Å². The predicted molar refractivity (Wildman–Crippen MR) is 104 cm³/mol. The first-order valence-corrected chi connectivity index (χ1v) is 10.0. The summed E-state index contributed by atoms with van der Waals surface area (Å²) in [5.41, 5.74) is -1.88. The number of esters is 2. The summed E-state index contributed by atoms with van der Waals surface area (Å²) in [6.45, 7) is 3.19. The molecular formula is C22H27F3O5. The number of ether oxygens (including phenoxy) is 2. The minimum Gasteiger partial charge on any atom is -0.458 e. The third-order valence-corrected chi connectivity index (χ3v) is 5.18. The monoisotopic (exact) mass is 428 g/mol. The number of cyclic esters (lactones) is 1. The third kappa shape index (κ3) is 6.08. The Balaban J connectivity index is 2.04. The second kappa shape index (κ2) is 10.1. The summed E-state index contributed by atoms with van der Waals surface area (Å²) >= 11 is 0. The maximum atomic E-state index is 12.6. The summed E-state index contributed by atoms with van der Waals surface area (Å²) < 4.78 is 48.4. The minimum atomic E-state index is -4.50. The molecule has 1 aromatic carbocycles. The maximum absolute atomic E-state index is 12.6. The van der Waals surface area contributed by atoms with Gasteiger partial charge >= 0.3 is 18.1 Å². The molecule has 5 nitrogen and oxygen atoms in total. The lowest BCUT2D eigenvalue weighted by Gasteiger charge is -2.24. The minimum absolute atomic E-state index is 0.0678. The summed E-state index contributed by atoms with van der Waals surface area (Å²) in [6.07, 6.45) is 1.36. The number of aliphatic hydroxyl groups excluding tert-OH is 1. The molecule has 1 N–H and O–H groups in total. The SMILES string of the molecule is CCCCC(/C=C1\CC(CO)(COC(=O)c2ccc(C(F)(F)F)cc2)OC1=O)CC. The number of aliphatic hydroxyl groups is 1. The summed E-state index contributed by atoms with van der Waals surface area (Å²) in [5.74, 6) is -1.19. The van der Waals surface area contributed by atoms with Gasteiger partial charge in [-0.05, 0) is 43.0 Å². The van der Waals surface area contributed by atoms with Crippen molar-refractivity contribution in [1.82, 2.24) is 0 Å². The van der Waals surface area contributed by atoms with E-state index in [1.54, 1.807) is 0 Å². The van der Waals surface area contributed by atoms with Crippen molar-refractivity contribution in [2.24, 2.45) is 5.92 Å². The molecule has 0 radical (unpaired) electrons. The molecule has 2 atom stereocenters. The second-order valence-corrected chi connectivity index (χ2v) is 7.56. The lowest BCUT2D eigenvalue weighted by atomic mass is 9.93. The standard InChI is InChI=1S/C22H27F3O5/c1-3-5-6-15(4-2)11-17-12-21(13-26,30-20(17)28)14-29-19(27)16-7-9-18(10-8-16)22(23,24)25/h7-11,15,26H,3-6,12-14H2,1-2H3/b17-11+. The van der Waals surface area contributed by atoms with Gasteiger partial charge in [0.25, 0.3) is 0 Å². The van der Waals surface area contributed by atoms with E-state index in [-0.39, 0.29) is 17.9 Å². The van der Waals surface area contributed by atoms with Crippen LogP contribution in [0.4, 0.5) is 13.2 Å². The zero-order valence-corrected chi connectivity index (χ0v) is 17.1. The maximum Gasteiger partial charge on any atom is 0.416 e. The van der Waals surface area contributed by atoms with E-state index in [9.17, 15) is 27.9 Å². The van der Waals surface area contributed by atoms with Crippen LogP contribution in [0, 0.1) is 5.92 Å². The van der Waals surface area contributed by atoms with E-state index in [4.69, 9.17) is 9.47 Å². The second-order valence-electron chi connectivity index (χ2n) is 7.56. The fraction of sp³-hybridized carbons (Fsp3) is 0.545. The Morgan fingerprint density at radius 1 is 1.30 bits per heavy atom. The summed E-state index contributed by atoms with van der Waals surface area (Å²) in [5, 5.41) is 9.77. The molecule has 1 aromatic rings. The van der Waals surface area contributed by atoms with Crippen LogP contribution >= 0.6 is 0 Å². The molecule has 0 bridgehead atoms. The number of unbranched alkanes of at least 4 members (excludes halogenated alkanes) is 1. The van der Waals surface area contributed by atoms with Crippen LogP contribution < -0.4 is 0 Å². The fourth-order valence-electron chi connectivity index (χ4n) is 3.29. The molecule has 1 saturated heterocycles. The van der Waals surface area contributed by atoms with Gasteiger partial charge in [0.15, 0.2) is 5.60 Å². The first-order valence-electron chi connectivity index (χ1n) is 10.0. The largest absolute Gasteiger partial charge is 0.458 e. The van der Waals surface area contributed by atoms with Gasteiger partial charge in [-0.25, -0.2) is 9.59 Å². The smallest absolute Gasteiger partial charge is 0.416 e. The first-order chi connectivity index (χ1) is 14.1. The number of alkyl halides is 3. The van der Waals surface area contributed by atoms with Crippen LogP contribution in [-0.2, 0) is 20.4 Å². The molecule has 0 saturated carbocycles. The molecule has 1 fully saturated rings. The lowest BCUT2D eigenvalue weighted by molar-refractivity contribution is -0.154. The van der Waals surface area contributed by atoms with Gasteiger partial charge in [0, 0.05) is 12.0 Å². The van der Waals surface area contributed by atoms with E-state index in [1.165, 1.54) is 0 Å². The van der Waals surface area contributed by atoms with Crippen molar-refractivity contribution < 1.29 is 37.3 Å². The van der Waals surface area contributed by atoms with Gasteiger partial charge < -0.3 is 14.6 Å². The van der Waals surface area contributed by atoms with Crippen LogP contribution in [-0.4, -0.2) is 35.9 Å². The Morgan fingerprint density at radius 3 is 2.50 bits per heavy atom. The van der Waals surface area contributed by atoms with Crippen molar-refractivity contribution in [3.8, 4) is 0 Å². The number of allylic oxidation sites excluding steroid dienone is 1. The lowest BCUT2D eigenvalue weighted by Crippen LogP contribution is -2.39. The molecule has 0 amide bonds. The topological polar surface area (TPSA) is 72.8 Å². The Morgan fingerprint density at radius 2 is 1.97 bits per heavy atom. The van der Waals surface area contributed by atoms with Crippen molar-refractivity contribution >= 4 is 11.9 Å². The van der Waals surface area contributed by atoms with Crippen molar-refractivity contribution in [3.05, 3.63) is 47.0 Å². The number of halogens is 3. The Kier molecular flexibility index (Phi) is 8.06. The highest BCUT2D eigenvalue weighted by molar-refractivity contribution is 5.92. The molecule has 8 heteroatoms. The van der Waals surface area contributed by atoms with Crippen LogP contribution in [0.15, 0.2) is 35.9 Å². The quantitative estimate of drug-likeness (QED) is 0.457. The normalized spacial score (nSPS) is 21.5. The van der Waals surface area contributed by atoms with Crippen LogP contribution in [0.5, 0.6) is 0 Å². The number of benzene rings is 1. The van der Waals surface area contributed by atoms with Gasteiger partial charge in [-0.2, -0.15) is 13.2 Å². The van der Waals surface area contributed by atoms with Gasteiger partial charge in [0.2, 0.25) is 0 Å². The van der Waals surface area contributed by atoms with E-state index in [0.29, 0.717) is 5.57 Å². The van der Waals surface area contributed by atoms with Gasteiger partial charge in [0.1, 0.15) is 6.61 Å². The molecule has 0 aromatic heterocycles. The van der Waals surface area contributed by atoms with Crippen molar-refractivity contribution in [2.45, 2.75) is 57.7 Å². The van der Waals surface area contributed by atoms with Crippen molar-refractivity contribution in [3.63, 3.8) is 0 Å². The van der Waals surface area contributed by atoms with Crippen LogP contribution in [0.25, 0.3) is 0 Å². The number of hydrogen-bond acceptors (Lipinski definition) is 5. The van der Waals surface area contributed by atoms with Gasteiger partial charge in [-0.15, -0.1) is 0 Å². The average molecular weight is 428 g/mol. The van der Waals surface area contributed by atoms with Crippen LogP contribution in [0.2, 0.25) is 0 Å². The summed E-state index contributed by atoms with van der Waals surface area (Å²) in [7, 11) is 0. The highest BCUT2D eigenvalue weighted by atomic mass is 19.4. The molecule has 0 spiro atoms. The van der Waals surface area contributed by atoms with E-state index in [2.05, 4.69) is 6.92 Å². The number of hydrogen-bond donors (Lipinski definition) is 1. The predicted octanol–water partition coefficient (Wildman–Crippen LogP) is 4.68. The number of rotatable bonds is 9. The number of carbonyl (C=O) groups excluding carboxylic acids is 2. The Bertz CT molecular complexity index is 770. The fourth-order valence-corrected chi connectivity index (χ4v) is 3.29. The van der Waals surface area contributed by atoms with Crippen molar-refractivity contribution in [1.29, 1.82) is 0 Å². The van der Waals surface area contributed by atoms with Crippen LogP contribution in [0.3, 0.4) is 0 Å². The van der Waals surface area contributed by atoms with Gasteiger partial charge in [0.05, 0.1) is 17.7 Å². The molecule has 30 heavy (non-hydrogen) atoms. The van der Waals surface area contributed by atoms with Crippen molar-refractivity contribution in [2.75, 3.05) is 13.2 Å². The Hall–Kier alpha value is -2.35. The highest BCUT2D eigenvalue weighted by Crippen LogP contribution is 2.33. The average Bonchev–Trinajstić information content (AvgIpc) is 3.04. The van der Waals surface area contributed by atoms with E-state index in [1.807, 2.05) is 13.0 Å². The molecule has 1 aliphatic heterocycles. The van der Waals surface area contributed by atoms with Gasteiger partial charge in [-0.3, -0.25) is 0 Å². The first kappa shape index (κ1) is 23.9. The molecule has 2 unspecified atom stereocenters. The molecule has 1 heterocycles.